The molecular formula is C22H18FN3O2S. The summed E-state index contributed by atoms with van der Waals surface area (Å²) in [5, 5.41) is 0. The monoisotopic (exact) mass is 407 g/mol. The Morgan fingerprint density at radius 3 is 2.52 bits per heavy atom. The lowest BCUT2D eigenvalue weighted by molar-refractivity contribution is 0.0986. The first-order valence-corrected chi connectivity index (χ1v) is 9.94. The summed E-state index contributed by atoms with van der Waals surface area (Å²) in [4.78, 5) is 30.4. The summed E-state index contributed by atoms with van der Waals surface area (Å²) in [5.74, 6) is -0.488. The zero-order valence-corrected chi connectivity index (χ0v) is 16.5. The van der Waals surface area contributed by atoms with Crippen LogP contribution < -0.4 is 5.56 Å². The van der Waals surface area contributed by atoms with Crippen molar-refractivity contribution in [1.82, 2.24) is 14.1 Å². The summed E-state index contributed by atoms with van der Waals surface area (Å²) in [7, 11) is 0. The highest BCUT2D eigenvalue weighted by atomic mass is 32.1. The van der Waals surface area contributed by atoms with Crippen molar-refractivity contribution in [2.45, 2.75) is 19.8 Å². The largest absolute Gasteiger partial charge is 0.306 e. The third-order valence-electron chi connectivity index (χ3n) is 4.57. The average Bonchev–Trinajstić information content (AvgIpc) is 3.36. The first-order valence-electron chi connectivity index (χ1n) is 9.12. The molecule has 0 fully saturated rings. The minimum absolute atomic E-state index is 0.123. The maximum Gasteiger partial charge on any atom is 0.257 e. The number of thiophene rings is 1. The van der Waals surface area contributed by atoms with Gasteiger partial charge in [-0.3, -0.25) is 14.2 Å². The lowest BCUT2D eigenvalue weighted by Crippen LogP contribution is -2.19. The molecule has 0 saturated heterocycles. The third kappa shape index (κ3) is 4.09. The number of hydrogen-bond donors (Lipinski definition) is 0. The number of halogens is 1. The summed E-state index contributed by atoms with van der Waals surface area (Å²) >= 11 is 1.51. The molecule has 1 aromatic carbocycles. The number of imidazole rings is 1. The molecule has 29 heavy (non-hydrogen) atoms. The van der Waals surface area contributed by atoms with E-state index in [0.29, 0.717) is 18.5 Å². The Balaban J connectivity index is 1.47. The highest BCUT2D eigenvalue weighted by Crippen LogP contribution is 2.18. The van der Waals surface area contributed by atoms with Crippen LogP contribution in [0.15, 0.2) is 71.9 Å². The van der Waals surface area contributed by atoms with Crippen LogP contribution >= 0.6 is 11.3 Å². The molecular weight excluding hydrogens is 389 g/mol. The van der Waals surface area contributed by atoms with E-state index in [9.17, 15) is 14.0 Å². The Bertz CT molecular complexity index is 1220. The van der Waals surface area contributed by atoms with Gasteiger partial charge in [-0.05, 0) is 55.8 Å². The molecule has 5 nitrogen and oxygen atoms in total. The number of carbonyl (C=O) groups is 1. The molecule has 0 unspecified atom stereocenters. The van der Waals surface area contributed by atoms with Crippen LogP contribution in [0.5, 0.6) is 0 Å². The number of rotatable bonds is 6. The number of aromatic nitrogens is 3. The fraction of sp³-hybridized carbons (Fsp3) is 0.136. The minimum Gasteiger partial charge on any atom is -0.306 e. The van der Waals surface area contributed by atoms with Crippen molar-refractivity contribution in [2.24, 2.45) is 0 Å². The second-order valence-electron chi connectivity index (χ2n) is 6.64. The first kappa shape index (κ1) is 19.0. The van der Waals surface area contributed by atoms with Gasteiger partial charge in [0.2, 0.25) is 5.95 Å². The molecule has 0 aliphatic heterocycles. The van der Waals surface area contributed by atoms with Gasteiger partial charge in [-0.1, -0.05) is 6.07 Å². The van der Waals surface area contributed by atoms with Crippen LogP contribution in [0.3, 0.4) is 0 Å². The van der Waals surface area contributed by atoms with Crippen LogP contribution in [0.4, 0.5) is 4.39 Å². The van der Waals surface area contributed by atoms with Crippen LogP contribution in [0.2, 0.25) is 0 Å². The number of pyridine rings is 1. The van der Waals surface area contributed by atoms with E-state index in [4.69, 9.17) is 0 Å². The van der Waals surface area contributed by atoms with E-state index in [2.05, 4.69) is 4.98 Å². The Hall–Kier alpha value is -3.32. The van der Waals surface area contributed by atoms with Gasteiger partial charge in [0, 0.05) is 29.2 Å². The Kier molecular flexibility index (Phi) is 5.22. The molecule has 7 heteroatoms. The number of nitrogens with zero attached hydrogens (tertiary/aromatic N) is 3. The second kappa shape index (κ2) is 7.97. The molecule has 0 bridgehead atoms. The topological polar surface area (TPSA) is 56.9 Å². The van der Waals surface area contributed by atoms with Gasteiger partial charge in [-0.15, -0.1) is 11.3 Å². The molecule has 4 rings (SSSR count). The van der Waals surface area contributed by atoms with Gasteiger partial charge in [0.15, 0.2) is 5.78 Å². The van der Waals surface area contributed by atoms with Crippen LogP contribution in [0.1, 0.15) is 26.7 Å². The molecule has 0 N–H and O–H groups in total. The van der Waals surface area contributed by atoms with Gasteiger partial charge < -0.3 is 4.57 Å². The van der Waals surface area contributed by atoms with Crippen LogP contribution in [-0.4, -0.2) is 19.9 Å². The highest BCUT2D eigenvalue weighted by molar-refractivity contribution is 7.14. The van der Waals surface area contributed by atoms with E-state index in [1.807, 2.05) is 29.8 Å². The zero-order valence-electron chi connectivity index (χ0n) is 15.7. The lowest BCUT2D eigenvalue weighted by Gasteiger charge is -2.08. The molecule has 0 saturated carbocycles. The van der Waals surface area contributed by atoms with E-state index < -0.39 is 11.5 Å². The standard InChI is InChI=1S/C22H18FN3O2S/c1-15-5-12-20(29-15)19(27)11-6-16-13-25(14-24-16)17-7-9-18(10-8-17)26-21(23)3-2-4-22(26)28/h2-5,7-10,12-14H,6,11H2,1H3. The molecule has 0 amide bonds. The summed E-state index contributed by atoms with van der Waals surface area (Å²) in [6.45, 7) is 1.98. The molecule has 4 aromatic rings. The SMILES string of the molecule is Cc1ccc(C(=O)CCc2cn(-c3ccc(-n4c(F)cccc4=O)cc3)cn2)s1. The van der Waals surface area contributed by atoms with Crippen molar-refractivity contribution in [1.29, 1.82) is 0 Å². The smallest absolute Gasteiger partial charge is 0.257 e. The fourth-order valence-corrected chi connectivity index (χ4v) is 3.91. The Labute approximate surface area is 170 Å². The minimum atomic E-state index is -0.610. The van der Waals surface area contributed by atoms with Crippen LogP contribution in [0, 0.1) is 12.9 Å². The zero-order chi connectivity index (χ0) is 20.4. The maximum absolute atomic E-state index is 14.0. The van der Waals surface area contributed by atoms with Crippen molar-refractivity contribution in [3.8, 4) is 11.4 Å². The van der Waals surface area contributed by atoms with E-state index in [-0.39, 0.29) is 5.78 Å². The molecule has 0 aliphatic rings. The molecule has 3 aromatic heterocycles. The number of aryl methyl sites for hydroxylation is 2. The third-order valence-corrected chi connectivity index (χ3v) is 5.61. The molecule has 3 heterocycles. The molecule has 0 aliphatic carbocycles. The molecule has 146 valence electrons. The summed E-state index contributed by atoms with van der Waals surface area (Å²) < 4.78 is 16.8. The van der Waals surface area contributed by atoms with Crippen molar-refractivity contribution in [3.63, 3.8) is 0 Å². The quantitative estimate of drug-likeness (QED) is 0.353. The summed E-state index contributed by atoms with van der Waals surface area (Å²) in [6, 6.07) is 14.7. The number of carbonyl (C=O) groups excluding carboxylic acids is 1. The van der Waals surface area contributed by atoms with Gasteiger partial charge in [-0.2, -0.15) is 4.39 Å². The van der Waals surface area contributed by atoms with Crippen LogP contribution in [-0.2, 0) is 6.42 Å². The van der Waals surface area contributed by atoms with Gasteiger partial charge in [0.05, 0.1) is 22.6 Å². The van der Waals surface area contributed by atoms with Crippen molar-refractivity contribution < 1.29 is 9.18 Å². The highest BCUT2D eigenvalue weighted by Gasteiger charge is 2.10. The molecule has 0 spiro atoms. The number of ketones is 1. The molecule has 0 atom stereocenters. The average molecular weight is 407 g/mol. The number of hydrogen-bond acceptors (Lipinski definition) is 4. The molecule has 0 radical (unpaired) electrons. The fourth-order valence-electron chi connectivity index (χ4n) is 3.07. The van der Waals surface area contributed by atoms with Crippen molar-refractivity contribution >= 4 is 17.1 Å². The predicted molar refractivity (Wildman–Crippen MR) is 111 cm³/mol. The van der Waals surface area contributed by atoms with Crippen LogP contribution in [0.25, 0.3) is 11.4 Å². The van der Waals surface area contributed by atoms with Crippen molar-refractivity contribution in [2.75, 3.05) is 0 Å². The lowest BCUT2D eigenvalue weighted by atomic mass is 10.1. The Morgan fingerprint density at radius 2 is 1.83 bits per heavy atom. The van der Waals surface area contributed by atoms with E-state index >= 15 is 0 Å². The maximum atomic E-state index is 14.0. The predicted octanol–water partition coefficient (Wildman–Crippen LogP) is 4.35. The number of Topliss-reactive ketones (excluding diaryl/α,β-unsaturated/α-hetero) is 1. The van der Waals surface area contributed by atoms with Gasteiger partial charge in [-0.25, -0.2) is 4.98 Å². The van der Waals surface area contributed by atoms with E-state index in [1.165, 1.54) is 29.5 Å². The summed E-state index contributed by atoms with van der Waals surface area (Å²) in [5.41, 5.74) is 1.68. The second-order valence-corrected chi connectivity index (χ2v) is 7.93. The van der Waals surface area contributed by atoms with E-state index in [0.717, 1.165) is 25.7 Å². The van der Waals surface area contributed by atoms with Crippen molar-refractivity contribution in [3.05, 3.63) is 98.9 Å². The normalized spacial score (nSPS) is 11.0. The number of benzene rings is 1. The van der Waals surface area contributed by atoms with Gasteiger partial charge >= 0.3 is 0 Å². The first-order chi connectivity index (χ1) is 14.0. The Morgan fingerprint density at radius 1 is 1.07 bits per heavy atom. The van der Waals surface area contributed by atoms with Gasteiger partial charge in [0.25, 0.3) is 5.56 Å². The summed E-state index contributed by atoms with van der Waals surface area (Å²) in [6.07, 6.45) is 4.52. The van der Waals surface area contributed by atoms with E-state index in [1.54, 1.807) is 30.6 Å². The van der Waals surface area contributed by atoms with Gasteiger partial charge in [0.1, 0.15) is 0 Å².